The maximum absolute atomic E-state index is 13.6. The first-order chi connectivity index (χ1) is 14.5. The van der Waals surface area contributed by atoms with E-state index in [0.29, 0.717) is 33.2 Å². The van der Waals surface area contributed by atoms with Crippen molar-refractivity contribution in [2.45, 2.75) is 19.6 Å². The lowest BCUT2D eigenvalue weighted by Crippen LogP contribution is -2.32. The summed E-state index contributed by atoms with van der Waals surface area (Å²) < 4.78 is 10.9. The SMILES string of the molecule is COc1ccccc1C1=C(SCc2ccco2)C(=O)N(c2cc(C)ccc2C)C1=O. The van der Waals surface area contributed by atoms with Gasteiger partial charge in [-0.1, -0.05) is 30.3 Å². The van der Waals surface area contributed by atoms with E-state index in [-0.39, 0.29) is 11.8 Å². The zero-order valence-corrected chi connectivity index (χ0v) is 17.8. The molecule has 2 heterocycles. The van der Waals surface area contributed by atoms with Crippen LogP contribution in [0.4, 0.5) is 5.69 Å². The average Bonchev–Trinajstić information content (AvgIpc) is 3.34. The van der Waals surface area contributed by atoms with E-state index >= 15 is 0 Å². The predicted molar refractivity (Wildman–Crippen MR) is 118 cm³/mol. The van der Waals surface area contributed by atoms with Gasteiger partial charge in [-0.2, -0.15) is 0 Å². The van der Waals surface area contributed by atoms with Crippen LogP contribution >= 0.6 is 11.8 Å². The number of furan rings is 1. The van der Waals surface area contributed by atoms with Gasteiger partial charge in [0.25, 0.3) is 11.8 Å². The van der Waals surface area contributed by atoms with Crippen LogP contribution in [-0.2, 0) is 15.3 Å². The summed E-state index contributed by atoms with van der Waals surface area (Å²) in [4.78, 5) is 28.7. The van der Waals surface area contributed by atoms with Crippen molar-refractivity contribution in [3.8, 4) is 5.75 Å². The molecule has 0 unspecified atom stereocenters. The Morgan fingerprint density at radius 3 is 2.53 bits per heavy atom. The molecule has 0 aliphatic carbocycles. The topological polar surface area (TPSA) is 59.8 Å². The molecule has 0 radical (unpaired) electrons. The van der Waals surface area contributed by atoms with E-state index in [9.17, 15) is 9.59 Å². The molecule has 4 rings (SSSR count). The van der Waals surface area contributed by atoms with Crippen molar-refractivity contribution >= 4 is 34.8 Å². The quantitative estimate of drug-likeness (QED) is 0.519. The standard InChI is InChI=1S/C24H21NO4S/c1-15-10-11-16(2)19(13-15)25-23(26)21(18-8-4-5-9-20(18)28-3)22(24(25)27)30-14-17-7-6-12-29-17/h4-13H,14H2,1-3H3. The largest absolute Gasteiger partial charge is 0.496 e. The molecule has 3 aromatic rings. The summed E-state index contributed by atoms with van der Waals surface area (Å²) in [7, 11) is 1.55. The van der Waals surface area contributed by atoms with Crippen LogP contribution in [0.2, 0.25) is 0 Å². The summed E-state index contributed by atoms with van der Waals surface area (Å²) in [5, 5.41) is 0. The van der Waals surface area contributed by atoms with Crippen LogP contribution in [-0.4, -0.2) is 18.9 Å². The molecule has 6 heteroatoms. The number of imide groups is 1. The molecule has 1 aromatic heterocycles. The van der Waals surface area contributed by atoms with E-state index in [4.69, 9.17) is 9.15 Å². The van der Waals surface area contributed by atoms with E-state index in [0.717, 1.165) is 16.9 Å². The molecular weight excluding hydrogens is 398 g/mol. The molecule has 1 aliphatic rings. The Morgan fingerprint density at radius 2 is 1.80 bits per heavy atom. The minimum Gasteiger partial charge on any atom is -0.496 e. The van der Waals surface area contributed by atoms with E-state index in [2.05, 4.69) is 0 Å². The Morgan fingerprint density at radius 1 is 1.00 bits per heavy atom. The number of benzene rings is 2. The summed E-state index contributed by atoms with van der Waals surface area (Å²) in [6, 6.07) is 16.7. The second-order valence-corrected chi connectivity index (χ2v) is 7.99. The fourth-order valence-corrected chi connectivity index (χ4v) is 4.46. The number of rotatable bonds is 6. The lowest BCUT2D eigenvalue weighted by molar-refractivity contribution is -0.119. The first-order valence-electron chi connectivity index (χ1n) is 9.50. The van der Waals surface area contributed by atoms with Crippen LogP contribution in [0.15, 0.2) is 70.2 Å². The second-order valence-electron chi connectivity index (χ2n) is 7.01. The number of anilines is 1. The van der Waals surface area contributed by atoms with Crippen molar-refractivity contribution in [3.63, 3.8) is 0 Å². The van der Waals surface area contributed by atoms with Crippen LogP contribution in [0.5, 0.6) is 5.75 Å². The molecule has 2 amide bonds. The summed E-state index contributed by atoms with van der Waals surface area (Å²) in [6.07, 6.45) is 1.59. The first-order valence-corrected chi connectivity index (χ1v) is 10.5. The molecule has 1 aliphatic heterocycles. The number of ether oxygens (including phenoxy) is 1. The molecule has 0 fully saturated rings. The normalized spacial score (nSPS) is 14.0. The summed E-state index contributed by atoms with van der Waals surface area (Å²) in [5.74, 6) is 1.05. The highest BCUT2D eigenvalue weighted by molar-refractivity contribution is 8.03. The zero-order chi connectivity index (χ0) is 21.3. The van der Waals surface area contributed by atoms with Crippen LogP contribution in [0, 0.1) is 13.8 Å². The predicted octanol–water partition coefficient (Wildman–Crippen LogP) is 5.12. The molecule has 5 nitrogen and oxygen atoms in total. The number of methoxy groups -OCH3 is 1. The Bertz CT molecular complexity index is 1150. The van der Waals surface area contributed by atoms with Crippen molar-refractivity contribution in [2.75, 3.05) is 12.0 Å². The maximum atomic E-state index is 13.6. The smallest absolute Gasteiger partial charge is 0.272 e. The molecule has 0 saturated heterocycles. The number of para-hydroxylation sites is 1. The van der Waals surface area contributed by atoms with Crippen molar-refractivity contribution in [2.24, 2.45) is 0 Å². The van der Waals surface area contributed by atoms with E-state index < -0.39 is 0 Å². The number of amides is 2. The third-order valence-corrected chi connectivity index (χ3v) is 6.06. The van der Waals surface area contributed by atoms with Crippen molar-refractivity contribution in [3.05, 3.63) is 88.2 Å². The number of aryl methyl sites for hydroxylation is 2. The molecular formula is C24H21NO4S. The van der Waals surface area contributed by atoms with Gasteiger partial charge in [0.1, 0.15) is 11.5 Å². The van der Waals surface area contributed by atoms with Gasteiger partial charge in [0.05, 0.1) is 35.3 Å². The molecule has 30 heavy (non-hydrogen) atoms. The van der Waals surface area contributed by atoms with E-state index in [1.165, 1.54) is 16.7 Å². The first kappa shape index (κ1) is 20.0. The fraction of sp³-hybridized carbons (Fsp3) is 0.167. The van der Waals surface area contributed by atoms with Gasteiger partial charge in [-0.3, -0.25) is 9.59 Å². The zero-order valence-electron chi connectivity index (χ0n) is 17.0. The lowest BCUT2D eigenvalue weighted by atomic mass is 10.0. The third kappa shape index (κ3) is 3.55. The van der Waals surface area contributed by atoms with E-state index in [1.807, 2.05) is 50.2 Å². The maximum Gasteiger partial charge on any atom is 0.272 e. The highest BCUT2D eigenvalue weighted by atomic mass is 32.2. The monoisotopic (exact) mass is 419 g/mol. The Kier molecular flexibility index (Phi) is 5.50. The Balaban J connectivity index is 1.82. The highest BCUT2D eigenvalue weighted by Gasteiger charge is 2.41. The summed E-state index contributed by atoms with van der Waals surface area (Å²) in [5.41, 5.74) is 3.40. The number of hydrogen-bond acceptors (Lipinski definition) is 5. The van der Waals surface area contributed by atoms with Crippen molar-refractivity contribution < 1.29 is 18.7 Å². The minimum absolute atomic E-state index is 0.328. The summed E-state index contributed by atoms with van der Waals surface area (Å²) >= 11 is 1.30. The fourth-order valence-electron chi connectivity index (χ4n) is 3.45. The van der Waals surface area contributed by atoms with Gasteiger partial charge in [-0.25, -0.2) is 4.90 Å². The van der Waals surface area contributed by atoms with Gasteiger partial charge in [0, 0.05) is 5.56 Å². The Hall–Kier alpha value is -3.25. The van der Waals surface area contributed by atoms with Gasteiger partial charge in [-0.15, -0.1) is 11.8 Å². The molecule has 0 saturated carbocycles. The molecule has 152 valence electrons. The molecule has 2 aromatic carbocycles. The van der Waals surface area contributed by atoms with Crippen molar-refractivity contribution in [1.82, 2.24) is 0 Å². The van der Waals surface area contributed by atoms with Gasteiger partial charge < -0.3 is 9.15 Å². The van der Waals surface area contributed by atoms with Crippen LogP contribution in [0.3, 0.4) is 0 Å². The molecule has 0 bridgehead atoms. The van der Waals surface area contributed by atoms with Crippen LogP contribution < -0.4 is 9.64 Å². The minimum atomic E-state index is -0.347. The average molecular weight is 420 g/mol. The highest BCUT2D eigenvalue weighted by Crippen LogP contribution is 2.42. The van der Waals surface area contributed by atoms with E-state index in [1.54, 1.807) is 31.6 Å². The third-order valence-electron chi connectivity index (χ3n) is 4.96. The number of carbonyl (C=O) groups is 2. The van der Waals surface area contributed by atoms with Crippen LogP contribution in [0.1, 0.15) is 22.5 Å². The summed E-state index contributed by atoms with van der Waals surface area (Å²) in [6.45, 7) is 3.83. The van der Waals surface area contributed by atoms with Gasteiger partial charge in [0.2, 0.25) is 0 Å². The Labute approximate surface area is 179 Å². The molecule has 0 spiro atoms. The van der Waals surface area contributed by atoms with Crippen LogP contribution in [0.25, 0.3) is 5.57 Å². The number of thioether (sulfide) groups is 1. The van der Waals surface area contributed by atoms with Gasteiger partial charge >= 0.3 is 0 Å². The molecule has 0 atom stereocenters. The number of hydrogen-bond donors (Lipinski definition) is 0. The van der Waals surface area contributed by atoms with Gasteiger partial charge in [-0.05, 0) is 49.2 Å². The number of carbonyl (C=O) groups excluding carboxylic acids is 2. The number of nitrogens with zero attached hydrogens (tertiary/aromatic N) is 1. The second kappa shape index (κ2) is 8.24. The lowest BCUT2D eigenvalue weighted by Gasteiger charge is -2.18. The van der Waals surface area contributed by atoms with Gasteiger partial charge in [0.15, 0.2) is 0 Å². The van der Waals surface area contributed by atoms with Crippen molar-refractivity contribution in [1.29, 1.82) is 0 Å². The molecule has 0 N–H and O–H groups in total.